The van der Waals surface area contributed by atoms with E-state index in [0.29, 0.717) is 12.5 Å². The lowest BCUT2D eigenvalue weighted by atomic mass is 10.4. The Balaban J connectivity index is 2.64. The SMILES string of the molecule is COCC(CNS(=O)(=O)c1cc(CCl)cs1)OC. The lowest BCUT2D eigenvalue weighted by molar-refractivity contribution is 0.0320. The Kier molecular flexibility index (Phi) is 6.54. The third-order valence-electron chi connectivity index (χ3n) is 2.24. The summed E-state index contributed by atoms with van der Waals surface area (Å²) >= 11 is 6.78. The Morgan fingerprint density at radius 3 is 2.72 bits per heavy atom. The van der Waals surface area contributed by atoms with E-state index in [-0.39, 0.29) is 16.9 Å². The molecule has 0 bridgehead atoms. The largest absolute Gasteiger partial charge is 0.382 e. The molecule has 0 saturated heterocycles. The van der Waals surface area contributed by atoms with Crippen molar-refractivity contribution in [3.63, 3.8) is 0 Å². The molecule has 0 aliphatic heterocycles. The van der Waals surface area contributed by atoms with E-state index in [1.165, 1.54) is 14.2 Å². The number of methoxy groups -OCH3 is 2. The van der Waals surface area contributed by atoms with E-state index in [2.05, 4.69) is 4.72 Å². The summed E-state index contributed by atoms with van der Waals surface area (Å²) in [6, 6.07) is 1.57. The minimum atomic E-state index is -3.50. The molecule has 0 amide bonds. The Hall–Kier alpha value is -0.180. The first-order valence-electron chi connectivity index (χ1n) is 5.18. The van der Waals surface area contributed by atoms with Gasteiger partial charge in [0.2, 0.25) is 10.0 Å². The molecule has 8 heteroatoms. The summed E-state index contributed by atoms with van der Waals surface area (Å²) in [4.78, 5) is 0. The highest BCUT2D eigenvalue weighted by molar-refractivity contribution is 7.91. The van der Waals surface area contributed by atoms with E-state index >= 15 is 0 Å². The van der Waals surface area contributed by atoms with Crippen LogP contribution in [-0.2, 0) is 25.4 Å². The average Bonchev–Trinajstić information content (AvgIpc) is 2.84. The van der Waals surface area contributed by atoms with Crippen molar-refractivity contribution in [2.75, 3.05) is 27.4 Å². The summed E-state index contributed by atoms with van der Waals surface area (Å²) in [6.45, 7) is 0.497. The molecule has 1 rings (SSSR count). The van der Waals surface area contributed by atoms with Crippen LogP contribution in [0.2, 0.25) is 0 Å². The number of hydrogen-bond donors (Lipinski definition) is 1. The highest BCUT2D eigenvalue weighted by atomic mass is 35.5. The summed E-state index contributed by atoms with van der Waals surface area (Å²) < 4.78 is 36.6. The van der Waals surface area contributed by atoms with Gasteiger partial charge >= 0.3 is 0 Å². The molecule has 1 aromatic rings. The normalized spacial score (nSPS) is 13.7. The number of nitrogens with one attached hydrogen (secondary N) is 1. The number of alkyl halides is 1. The third-order valence-corrected chi connectivity index (χ3v) is 5.46. The van der Waals surface area contributed by atoms with Crippen LogP contribution < -0.4 is 4.72 Å². The highest BCUT2D eigenvalue weighted by Gasteiger charge is 2.18. The van der Waals surface area contributed by atoms with Crippen LogP contribution in [-0.4, -0.2) is 41.9 Å². The summed E-state index contributed by atoms with van der Waals surface area (Å²) in [5.41, 5.74) is 0.794. The fourth-order valence-electron chi connectivity index (χ4n) is 1.23. The maximum absolute atomic E-state index is 11.9. The van der Waals surface area contributed by atoms with Crippen LogP contribution in [0.5, 0.6) is 0 Å². The Morgan fingerprint density at radius 1 is 1.50 bits per heavy atom. The number of rotatable bonds is 8. The molecule has 0 fully saturated rings. The molecule has 0 aromatic carbocycles. The standard InChI is InChI=1S/C10H16ClNO4S2/c1-15-6-9(16-2)5-12-18(13,14)10-3-8(4-11)7-17-10/h3,7,9,12H,4-6H2,1-2H3. The third kappa shape index (κ3) is 4.49. The van der Waals surface area contributed by atoms with Crippen LogP contribution in [0.4, 0.5) is 0 Å². The van der Waals surface area contributed by atoms with Crippen molar-refractivity contribution in [1.82, 2.24) is 4.72 Å². The minimum Gasteiger partial charge on any atom is -0.382 e. The Labute approximate surface area is 116 Å². The number of halogens is 1. The molecule has 0 aliphatic rings. The second kappa shape index (κ2) is 7.42. The van der Waals surface area contributed by atoms with Gasteiger partial charge in [0, 0.05) is 26.6 Å². The molecular formula is C10H16ClNO4S2. The zero-order valence-corrected chi connectivity index (χ0v) is 12.6. The second-order valence-corrected chi connectivity index (χ2v) is 6.74. The van der Waals surface area contributed by atoms with Gasteiger partial charge in [-0.05, 0) is 17.0 Å². The summed E-state index contributed by atoms with van der Waals surface area (Å²) in [5.74, 6) is 0.302. The molecule has 1 aromatic heterocycles. The van der Waals surface area contributed by atoms with Gasteiger partial charge in [-0.25, -0.2) is 13.1 Å². The molecule has 0 radical (unpaired) electrons. The van der Waals surface area contributed by atoms with Gasteiger partial charge in [-0.1, -0.05) is 0 Å². The second-order valence-electron chi connectivity index (χ2n) is 3.57. The minimum absolute atomic E-state index is 0.167. The van der Waals surface area contributed by atoms with Crippen LogP contribution in [0, 0.1) is 0 Å². The zero-order valence-electron chi connectivity index (χ0n) is 10.2. The molecule has 18 heavy (non-hydrogen) atoms. The van der Waals surface area contributed by atoms with E-state index in [1.807, 2.05) is 0 Å². The topological polar surface area (TPSA) is 64.6 Å². The molecule has 1 N–H and O–H groups in total. The van der Waals surface area contributed by atoms with E-state index in [4.69, 9.17) is 21.1 Å². The van der Waals surface area contributed by atoms with Gasteiger partial charge in [-0.3, -0.25) is 0 Å². The van der Waals surface area contributed by atoms with Crippen LogP contribution in [0.3, 0.4) is 0 Å². The average molecular weight is 314 g/mol. The Morgan fingerprint density at radius 2 is 2.22 bits per heavy atom. The molecule has 0 spiro atoms. The molecule has 0 saturated carbocycles. The van der Waals surface area contributed by atoms with E-state index in [1.54, 1.807) is 11.4 Å². The smallest absolute Gasteiger partial charge is 0.250 e. The van der Waals surface area contributed by atoms with Crippen LogP contribution in [0.15, 0.2) is 15.7 Å². The van der Waals surface area contributed by atoms with Crippen LogP contribution >= 0.6 is 22.9 Å². The number of sulfonamides is 1. The molecular weight excluding hydrogens is 298 g/mol. The molecule has 5 nitrogen and oxygen atoms in total. The van der Waals surface area contributed by atoms with Crippen molar-refractivity contribution in [2.24, 2.45) is 0 Å². The van der Waals surface area contributed by atoms with E-state index in [9.17, 15) is 8.42 Å². The number of ether oxygens (including phenoxy) is 2. The number of thiophene rings is 1. The van der Waals surface area contributed by atoms with Gasteiger partial charge in [0.1, 0.15) is 4.21 Å². The zero-order chi connectivity index (χ0) is 13.6. The summed E-state index contributed by atoms with van der Waals surface area (Å²) in [6.07, 6.45) is -0.308. The number of hydrogen-bond acceptors (Lipinski definition) is 5. The quantitative estimate of drug-likeness (QED) is 0.737. The first-order valence-corrected chi connectivity index (χ1v) is 8.08. The van der Waals surface area contributed by atoms with Crippen molar-refractivity contribution >= 4 is 33.0 Å². The molecule has 0 aliphatic carbocycles. The van der Waals surface area contributed by atoms with E-state index in [0.717, 1.165) is 16.9 Å². The van der Waals surface area contributed by atoms with Gasteiger partial charge in [-0.2, -0.15) is 0 Å². The monoisotopic (exact) mass is 313 g/mol. The first-order chi connectivity index (χ1) is 8.53. The van der Waals surface area contributed by atoms with Crippen molar-refractivity contribution in [2.45, 2.75) is 16.2 Å². The summed E-state index contributed by atoms with van der Waals surface area (Å²) in [7, 11) is -0.456. The van der Waals surface area contributed by atoms with Gasteiger partial charge in [0.25, 0.3) is 0 Å². The van der Waals surface area contributed by atoms with Crippen LogP contribution in [0.1, 0.15) is 5.56 Å². The predicted molar refractivity (Wildman–Crippen MR) is 71.7 cm³/mol. The molecule has 1 heterocycles. The van der Waals surface area contributed by atoms with Gasteiger partial charge in [-0.15, -0.1) is 22.9 Å². The highest BCUT2D eigenvalue weighted by Crippen LogP contribution is 2.21. The van der Waals surface area contributed by atoms with Crippen molar-refractivity contribution < 1.29 is 17.9 Å². The fraction of sp³-hybridized carbons (Fsp3) is 0.600. The van der Waals surface area contributed by atoms with Gasteiger partial charge in [0.05, 0.1) is 12.7 Å². The van der Waals surface area contributed by atoms with Gasteiger partial charge in [0.15, 0.2) is 0 Å². The van der Waals surface area contributed by atoms with Crippen LogP contribution in [0.25, 0.3) is 0 Å². The first kappa shape index (κ1) is 15.9. The van der Waals surface area contributed by atoms with Gasteiger partial charge < -0.3 is 9.47 Å². The molecule has 104 valence electrons. The van der Waals surface area contributed by atoms with Crippen molar-refractivity contribution in [3.05, 3.63) is 17.0 Å². The Bertz CT molecular complexity index is 460. The lowest BCUT2D eigenvalue weighted by Crippen LogP contribution is -2.35. The van der Waals surface area contributed by atoms with E-state index < -0.39 is 10.0 Å². The summed E-state index contributed by atoms with van der Waals surface area (Å²) in [5, 5.41) is 1.73. The molecule has 1 atom stereocenters. The molecule has 1 unspecified atom stereocenters. The van der Waals surface area contributed by atoms with Crippen molar-refractivity contribution in [1.29, 1.82) is 0 Å². The van der Waals surface area contributed by atoms with Crippen molar-refractivity contribution in [3.8, 4) is 0 Å². The lowest BCUT2D eigenvalue weighted by Gasteiger charge is -2.14. The maximum Gasteiger partial charge on any atom is 0.250 e. The maximum atomic E-state index is 11.9. The fourth-order valence-corrected chi connectivity index (χ4v) is 3.80. The predicted octanol–water partition coefficient (Wildman–Crippen LogP) is 1.43.